The monoisotopic (exact) mass is 974 g/mol. The van der Waals surface area contributed by atoms with Gasteiger partial charge in [0.2, 0.25) is 5.91 Å². The molecule has 0 aliphatic carbocycles. The smallest absolute Gasteiger partial charge is 0.220 e. The fourth-order valence-electron chi connectivity index (χ4n) is 9.19. The number of unbranched alkanes of at least 4 members (excludes halogenated alkanes) is 34. The highest BCUT2D eigenvalue weighted by atomic mass is 16.7. The molecule has 1 heterocycles. The van der Waals surface area contributed by atoms with Gasteiger partial charge in [0.1, 0.15) is 24.4 Å². The molecule has 0 aromatic carbocycles. The van der Waals surface area contributed by atoms with Crippen LogP contribution < -0.4 is 5.32 Å². The molecule has 0 radical (unpaired) electrons. The Bertz CT molecular complexity index is 1220. The molecular weight excluding hydrogens is 863 g/mol. The van der Waals surface area contributed by atoms with E-state index in [2.05, 4.69) is 55.6 Å². The van der Waals surface area contributed by atoms with Crippen molar-refractivity contribution in [2.75, 3.05) is 13.2 Å². The number of carbonyl (C=O) groups excluding carboxylic acids is 1. The third-order valence-electron chi connectivity index (χ3n) is 13.8. The standard InChI is InChI=1S/C60H111NO8/c1-3-5-7-9-11-13-15-16-17-18-19-20-21-22-23-24-25-26-27-28-29-30-31-32-33-34-35-36-37-38-40-42-44-46-48-50-56(64)61-53(52-68-60-59(67)58(66)57(65)55(51-62)69-60)54(63)49-47-45-43-41-39-14-12-10-8-6-4-2/h8,10,18-19,39,41,47,49,53-55,57-60,62-63,65-67H,3-7,9,11-17,20-38,40,42-46,48,50-52H2,1-2H3,(H,61,64)/b10-8+,19-18-,41-39+,49-47+. The molecule has 404 valence electrons. The first-order valence-electron chi connectivity index (χ1n) is 29.4. The van der Waals surface area contributed by atoms with Gasteiger partial charge in [0, 0.05) is 6.42 Å². The summed E-state index contributed by atoms with van der Waals surface area (Å²) in [5.74, 6) is -0.189. The lowest BCUT2D eigenvalue weighted by molar-refractivity contribution is -0.302. The van der Waals surface area contributed by atoms with Gasteiger partial charge in [-0.25, -0.2) is 0 Å². The number of nitrogens with one attached hydrogen (secondary N) is 1. The van der Waals surface area contributed by atoms with Crippen molar-refractivity contribution in [3.63, 3.8) is 0 Å². The van der Waals surface area contributed by atoms with Crippen LogP contribution in [-0.2, 0) is 14.3 Å². The number of ether oxygens (including phenoxy) is 2. The molecular formula is C60H111NO8. The molecule has 7 unspecified atom stereocenters. The van der Waals surface area contributed by atoms with Gasteiger partial charge < -0.3 is 40.3 Å². The predicted molar refractivity (Wildman–Crippen MR) is 290 cm³/mol. The summed E-state index contributed by atoms with van der Waals surface area (Å²) in [6.45, 7) is 3.69. The zero-order chi connectivity index (χ0) is 50.1. The van der Waals surface area contributed by atoms with Crippen LogP contribution in [0.2, 0.25) is 0 Å². The van der Waals surface area contributed by atoms with Crippen molar-refractivity contribution in [2.45, 2.75) is 314 Å². The van der Waals surface area contributed by atoms with Crippen LogP contribution in [-0.4, -0.2) is 87.5 Å². The lowest BCUT2D eigenvalue weighted by Gasteiger charge is -2.40. The predicted octanol–water partition coefficient (Wildman–Crippen LogP) is 14.5. The zero-order valence-electron chi connectivity index (χ0n) is 44.8. The summed E-state index contributed by atoms with van der Waals surface area (Å²) in [4.78, 5) is 13.0. The molecule has 9 nitrogen and oxygen atoms in total. The molecule has 1 aliphatic heterocycles. The number of aliphatic hydroxyl groups excluding tert-OH is 5. The molecule has 1 fully saturated rings. The Morgan fingerprint density at radius 3 is 1.28 bits per heavy atom. The number of allylic oxidation sites excluding steroid dienone is 7. The number of hydrogen-bond acceptors (Lipinski definition) is 8. The van der Waals surface area contributed by atoms with Gasteiger partial charge in [-0.05, 0) is 64.2 Å². The van der Waals surface area contributed by atoms with Gasteiger partial charge in [0.25, 0.3) is 0 Å². The molecule has 69 heavy (non-hydrogen) atoms. The first-order valence-corrected chi connectivity index (χ1v) is 29.4. The normalized spacial score (nSPS) is 19.8. The van der Waals surface area contributed by atoms with Gasteiger partial charge in [-0.2, -0.15) is 0 Å². The highest BCUT2D eigenvalue weighted by molar-refractivity contribution is 5.76. The van der Waals surface area contributed by atoms with E-state index in [-0.39, 0.29) is 12.5 Å². The van der Waals surface area contributed by atoms with Crippen LogP contribution in [0, 0.1) is 0 Å². The molecule has 0 saturated carbocycles. The molecule has 0 aromatic heterocycles. The maximum absolute atomic E-state index is 13.0. The van der Waals surface area contributed by atoms with E-state index in [9.17, 15) is 30.3 Å². The van der Waals surface area contributed by atoms with E-state index in [1.807, 2.05) is 6.08 Å². The summed E-state index contributed by atoms with van der Waals surface area (Å²) < 4.78 is 11.2. The first-order chi connectivity index (χ1) is 33.8. The maximum Gasteiger partial charge on any atom is 0.220 e. The van der Waals surface area contributed by atoms with Crippen LogP contribution in [0.5, 0.6) is 0 Å². The Morgan fingerprint density at radius 2 is 0.855 bits per heavy atom. The van der Waals surface area contributed by atoms with Gasteiger partial charge in [0.15, 0.2) is 6.29 Å². The number of rotatable bonds is 50. The van der Waals surface area contributed by atoms with Crippen LogP contribution in [0.4, 0.5) is 0 Å². The maximum atomic E-state index is 13.0. The van der Waals surface area contributed by atoms with Crippen LogP contribution >= 0.6 is 0 Å². The summed E-state index contributed by atoms with van der Waals surface area (Å²) in [7, 11) is 0. The van der Waals surface area contributed by atoms with E-state index in [1.165, 1.54) is 193 Å². The van der Waals surface area contributed by atoms with Gasteiger partial charge in [-0.3, -0.25) is 4.79 Å². The molecule has 1 rings (SSSR count). The minimum absolute atomic E-state index is 0.189. The highest BCUT2D eigenvalue weighted by Gasteiger charge is 2.44. The van der Waals surface area contributed by atoms with E-state index in [0.717, 1.165) is 57.8 Å². The number of amides is 1. The Balaban J connectivity index is 2.06. The number of aliphatic hydroxyl groups is 5. The highest BCUT2D eigenvalue weighted by Crippen LogP contribution is 2.23. The van der Waals surface area contributed by atoms with Crippen molar-refractivity contribution >= 4 is 5.91 Å². The van der Waals surface area contributed by atoms with E-state index >= 15 is 0 Å². The molecule has 7 atom stereocenters. The van der Waals surface area contributed by atoms with Crippen LogP contribution in [0.3, 0.4) is 0 Å². The van der Waals surface area contributed by atoms with Crippen molar-refractivity contribution in [2.24, 2.45) is 0 Å². The minimum Gasteiger partial charge on any atom is -0.394 e. The van der Waals surface area contributed by atoms with Crippen molar-refractivity contribution in [1.29, 1.82) is 0 Å². The Kier molecular flexibility index (Phi) is 47.0. The van der Waals surface area contributed by atoms with E-state index < -0.39 is 49.5 Å². The summed E-state index contributed by atoms with van der Waals surface area (Å²) in [5, 5.41) is 54.2. The lowest BCUT2D eigenvalue weighted by atomic mass is 9.99. The molecule has 1 saturated heterocycles. The molecule has 9 heteroatoms. The molecule has 1 amide bonds. The third kappa shape index (κ3) is 39.4. The van der Waals surface area contributed by atoms with Gasteiger partial charge in [-0.15, -0.1) is 0 Å². The van der Waals surface area contributed by atoms with Gasteiger partial charge in [0.05, 0.1) is 25.4 Å². The minimum atomic E-state index is -1.57. The van der Waals surface area contributed by atoms with Crippen molar-refractivity contribution in [3.8, 4) is 0 Å². The summed E-state index contributed by atoms with van der Waals surface area (Å²) in [5.41, 5.74) is 0. The SMILES string of the molecule is CCC/C=C/CC/C=C/CC/C=C/C(O)C(COC1OC(CO)C(O)C(O)C1O)NC(=O)CCCCCCCCCCCCCCCCCCCCCCCCC/C=C\CCCCCCCCCC. The second-order valence-corrected chi connectivity index (χ2v) is 20.4. The summed E-state index contributed by atoms with van der Waals surface area (Å²) in [6.07, 6.45) is 59.4. The van der Waals surface area contributed by atoms with Crippen molar-refractivity contribution in [1.82, 2.24) is 5.32 Å². The Labute approximate surface area is 424 Å². The average Bonchev–Trinajstić information content (AvgIpc) is 3.35. The molecule has 0 spiro atoms. The van der Waals surface area contributed by atoms with E-state index in [0.29, 0.717) is 6.42 Å². The summed E-state index contributed by atoms with van der Waals surface area (Å²) >= 11 is 0. The second kappa shape index (κ2) is 49.7. The summed E-state index contributed by atoms with van der Waals surface area (Å²) in [6, 6.07) is -0.826. The zero-order valence-corrected chi connectivity index (χ0v) is 44.8. The van der Waals surface area contributed by atoms with Crippen LogP contribution in [0.1, 0.15) is 271 Å². The van der Waals surface area contributed by atoms with Crippen molar-refractivity contribution < 1.29 is 39.8 Å². The number of carbonyl (C=O) groups is 1. The molecule has 0 aromatic rings. The lowest BCUT2D eigenvalue weighted by Crippen LogP contribution is -2.60. The van der Waals surface area contributed by atoms with Gasteiger partial charge in [-0.1, -0.05) is 249 Å². The molecule has 0 bridgehead atoms. The van der Waals surface area contributed by atoms with Crippen LogP contribution in [0.25, 0.3) is 0 Å². The average molecular weight is 975 g/mol. The fourth-order valence-corrected chi connectivity index (χ4v) is 9.19. The Hall–Kier alpha value is -1.85. The largest absolute Gasteiger partial charge is 0.394 e. The Morgan fingerprint density at radius 1 is 0.478 bits per heavy atom. The topological polar surface area (TPSA) is 149 Å². The molecule has 6 N–H and O–H groups in total. The first kappa shape index (κ1) is 65.2. The van der Waals surface area contributed by atoms with Crippen molar-refractivity contribution in [3.05, 3.63) is 48.6 Å². The quantitative estimate of drug-likeness (QED) is 0.0261. The fraction of sp³-hybridized carbons (Fsp3) is 0.850. The van der Waals surface area contributed by atoms with Gasteiger partial charge >= 0.3 is 0 Å². The van der Waals surface area contributed by atoms with Crippen LogP contribution in [0.15, 0.2) is 48.6 Å². The second-order valence-electron chi connectivity index (χ2n) is 20.4. The molecule has 1 aliphatic rings. The van der Waals surface area contributed by atoms with E-state index in [4.69, 9.17) is 9.47 Å². The van der Waals surface area contributed by atoms with E-state index in [1.54, 1.807) is 6.08 Å². The number of hydrogen-bond donors (Lipinski definition) is 6. The third-order valence-corrected chi connectivity index (χ3v) is 13.8.